The molecular formula is C21H20ClFN6O5S. The summed E-state index contributed by atoms with van der Waals surface area (Å²) in [5.41, 5.74) is 3.61. The number of nitrogens with zero attached hydrogens (tertiary/aromatic N) is 5. The van der Waals surface area contributed by atoms with Gasteiger partial charge in [-0.2, -0.15) is 14.5 Å². The maximum absolute atomic E-state index is 13.2. The largest absolute Gasteiger partial charge is 0.379 e. The van der Waals surface area contributed by atoms with Crippen molar-refractivity contribution in [3.05, 3.63) is 74.8 Å². The van der Waals surface area contributed by atoms with Gasteiger partial charge in [-0.25, -0.2) is 17.5 Å². The molecule has 0 spiro atoms. The molecule has 0 unspecified atom stereocenters. The molecule has 0 saturated carbocycles. The van der Waals surface area contributed by atoms with Gasteiger partial charge in [-0.05, 0) is 43.3 Å². The maximum Gasteiger partial charge on any atom is 0.295 e. The Morgan fingerprint density at radius 3 is 2.57 bits per heavy atom. The molecule has 11 nitrogen and oxygen atoms in total. The van der Waals surface area contributed by atoms with Crippen molar-refractivity contribution in [1.29, 1.82) is 0 Å². The average Bonchev–Trinajstić information content (AvgIpc) is 3.13. The fourth-order valence-corrected chi connectivity index (χ4v) is 5.18. The Hall–Kier alpha value is -3.39. The standard InChI is InChI=1S/C21H20ClFN6O5S/c1-14-18(21(22)28(26-14)16-4-2-15(23)3-5-16)13-24-25-19-7-6-17(12-20(19)29(30)31)35(32,33)27-8-10-34-11-9-27/h2-7,12-13,25H,8-11H2,1H3/b24-13+. The topological polar surface area (TPSA) is 132 Å². The van der Waals surface area contributed by atoms with Gasteiger partial charge in [-0.1, -0.05) is 11.6 Å². The van der Waals surface area contributed by atoms with Crippen LogP contribution in [0.1, 0.15) is 11.3 Å². The summed E-state index contributed by atoms with van der Waals surface area (Å²) in [5.74, 6) is -0.398. The van der Waals surface area contributed by atoms with Crippen LogP contribution < -0.4 is 5.43 Å². The molecule has 2 aromatic carbocycles. The molecule has 14 heteroatoms. The first-order chi connectivity index (χ1) is 16.7. The van der Waals surface area contributed by atoms with Crippen LogP contribution in [-0.2, 0) is 14.8 Å². The van der Waals surface area contributed by atoms with Gasteiger partial charge in [-0.15, -0.1) is 0 Å². The van der Waals surface area contributed by atoms with Gasteiger partial charge in [-0.3, -0.25) is 15.5 Å². The number of aryl methyl sites for hydroxylation is 1. The lowest BCUT2D eigenvalue weighted by Gasteiger charge is -2.26. The number of benzene rings is 2. The molecule has 0 amide bonds. The van der Waals surface area contributed by atoms with E-state index >= 15 is 0 Å². The second-order valence-corrected chi connectivity index (χ2v) is 9.80. The molecule has 1 N–H and O–H groups in total. The van der Waals surface area contributed by atoms with Crippen LogP contribution >= 0.6 is 11.6 Å². The van der Waals surface area contributed by atoms with Gasteiger partial charge in [0, 0.05) is 19.2 Å². The molecule has 0 aliphatic carbocycles. The number of hydrogen-bond donors (Lipinski definition) is 1. The van der Waals surface area contributed by atoms with Crippen LogP contribution in [0.2, 0.25) is 5.15 Å². The van der Waals surface area contributed by atoms with E-state index in [0.717, 1.165) is 6.07 Å². The van der Waals surface area contributed by atoms with Gasteiger partial charge in [0.25, 0.3) is 5.69 Å². The van der Waals surface area contributed by atoms with Crippen molar-refractivity contribution in [2.75, 3.05) is 31.7 Å². The molecule has 1 aliphatic rings. The maximum atomic E-state index is 13.2. The number of morpholine rings is 1. The number of sulfonamides is 1. The fraction of sp³-hybridized carbons (Fsp3) is 0.238. The zero-order valence-electron chi connectivity index (χ0n) is 18.4. The summed E-state index contributed by atoms with van der Waals surface area (Å²) in [5, 5.41) is 20.2. The highest BCUT2D eigenvalue weighted by molar-refractivity contribution is 7.89. The lowest BCUT2D eigenvalue weighted by molar-refractivity contribution is -0.384. The molecule has 0 atom stereocenters. The zero-order valence-corrected chi connectivity index (χ0v) is 20.0. The number of hydrogen-bond acceptors (Lipinski definition) is 8. The average molecular weight is 523 g/mol. The molecule has 1 saturated heterocycles. The number of hydrazone groups is 1. The van der Waals surface area contributed by atoms with E-state index in [1.54, 1.807) is 6.92 Å². The van der Waals surface area contributed by atoms with Crippen LogP contribution in [0.25, 0.3) is 5.69 Å². The Kier molecular flexibility index (Phi) is 7.12. The molecule has 1 aliphatic heterocycles. The minimum absolute atomic E-state index is 0.00752. The number of halogens is 2. The third-order valence-electron chi connectivity index (χ3n) is 5.27. The summed E-state index contributed by atoms with van der Waals surface area (Å²) in [7, 11) is -3.91. The predicted molar refractivity (Wildman–Crippen MR) is 127 cm³/mol. The van der Waals surface area contributed by atoms with Crippen LogP contribution in [0.4, 0.5) is 15.8 Å². The summed E-state index contributed by atoms with van der Waals surface area (Å²) in [6.45, 7) is 2.56. The van der Waals surface area contributed by atoms with Gasteiger partial charge in [0.05, 0.1) is 46.2 Å². The van der Waals surface area contributed by atoms with Gasteiger partial charge in [0.1, 0.15) is 16.7 Å². The Labute approximate surface area is 205 Å². The van der Waals surface area contributed by atoms with Crippen molar-refractivity contribution in [3.8, 4) is 5.69 Å². The van der Waals surface area contributed by atoms with Crippen molar-refractivity contribution in [2.24, 2.45) is 5.10 Å². The summed E-state index contributed by atoms with van der Waals surface area (Å²) >= 11 is 6.41. The highest BCUT2D eigenvalue weighted by Gasteiger charge is 2.29. The van der Waals surface area contributed by atoms with Crippen molar-refractivity contribution >= 4 is 39.2 Å². The monoisotopic (exact) mass is 522 g/mol. The number of nitro groups is 1. The van der Waals surface area contributed by atoms with Gasteiger partial charge >= 0.3 is 0 Å². The predicted octanol–water partition coefficient (Wildman–Crippen LogP) is 3.35. The SMILES string of the molecule is Cc1nn(-c2ccc(F)cc2)c(Cl)c1/C=N/Nc1ccc(S(=O)(=O)N2CCOCC2)cc1[N+](=O)[O-]. The van der Waals surface area contributed by atoms with E-state index in [9.17, 15) is 22.9 Å². The molecule has 4 rings (SSSR count). The lowest BCUT2D eigenvalue weighted by atomic mass is 10.3. The van der Waals surface area contributed by atoms with Crippen LogP contribution in [0.15, 0.2) is 52.5 Å². The number of nitro benzene ring substituents is 1. The summed E-state index contributed by atoms with van der Waals surface area (Å²) in [6.07, 6.45) is 1.34. The Bertz CT molecular complexity index is 1390. The summed E-state index contributed by atoms with van der Waals surface area (Å²) in [6, 6.07) is 9.14. The van der Waals surface area contributed by atoms with Crippen molar-refractivity contribution in [3.63, 3.8) is 0 Å². The fourth-order valence-electron chi connectivity index (χ4n) is 3.43. The van der Waals surface area contributed by atoms with E-state index in [1.165, 1.54) is 51.6 Å². The van der Waals surface area contributed by atoms with E-state index in [4.69, 9.17) is 16.3 Å². The van der Waals surface area contributed by atoms with Gasteiger partial charge in [0.2, 0.25) is 10.0 Å². The first-order valence-electron chi connectivity index (χ1n) is 10.3. The Morgan fingerprint density at radius 2 is 1.91 bits per heavy atom. The molecule has 1 fully saturated rings. The molecule has 2 heterocycles. The van der Waals surface area contributed by atoms with Gasteiger partial charge in [0.15, 0.2) is 0 Å². The van der Waals surface area contributed by atoms with Gasteiger partial charge < -0.3 is 4.74 Å². The highest BCUT2D eigenvalue weighted by Crippen LogP contribution is 2.29. The molecule has 184 valence electrons. The van der Waals surface area contributed by atoms with E-state index in [1.807, 2.05) is 0 Å². The van der Waals surface area contributed by atoms with E-state index in [2.05, 4.69) is 15.6 Å². The second-order valence-electron chi connectivity index (χ2n) is 7.50. The van der Waals surface area contributed by atoms with Crippen molar-refractivity contribution < 1.29 is 22.5 Å². The van der Waals surface area contributed by atoms with Crippen molar-refractivity contribution in [2.45, 2.75) is 11.8 Å². The first kappa shape index (κ1) is 24.7. The number of anilines is 1. The molecule has 35 heavy (non-hydrogen) atoms. The Balaban J connectivity index is 1.57. The normalized spacial score (nSPS) is 14.9. The number of rotatable bonds is 7. The molecule has 0 radical (unpaired) electrons. The minimum Gasteiger partial charge on any atom is -0.379 e. The molecule has 1 aromatic heterocycles. The molecule has 3 aromatic rings. The van der Waals surface area contributed by atoms with E-state index in [-0.39, 0.29) is 42.0 Å². The second kappa shape index (κ2) is 10.1. The van der Waals surface area contributed by atoms with Crippen LogP contribution in [-0.4, -0.2) is 59.9 Å². The smallest absolute Gasteiger partial charge is 0.295 e. The number of ether oxygens (including phenoxy) is 1. The van der Waals surface area contributed by atoms with Crippen molar-refractivity contribution in [1.82, 2.24) is 14.1 Å². The minimum atomic E-state index is -3.91. The number of aromatic nitrogens is 2. The molecule has 0 bridgehead atoms. The zero-order chi connectivity index (χ0) is 25.2. The highest BCUT2D eigenvalue weighted by atomic mass is 35.5. The van der Waals surface area contributed by atoms with Crippen LogP contribution in [0, 0.1) is 22.9 Å². The Morgan fingerprint density at radius 1 is 1.23 bits per heavy atom. The quantitative estimate of drug-likeness (QED) is 0.286. The van der Waals surface area contributed by atoms with Crippen LogP contribution in [0.5, 0.6) is 0 Å². The summed E-state index contributed by atoms with van der Waals surface area (Å²) in [4.78, 5) is 10.7. The number of nitrogens with one attached hydrogen (secondary N) is 1. The molecular weight excluding hydrogens is 503 g/mol. The third-order valence-corrected chi connectivity index (χ3v) is 7.53. The summed E-state index contributed by atoms with van der Waals surface area (Å²) < 4.78 is 46.7. The van der Waals surface area contributed by atoms with Crippen LogP contribution in [0.3, 0.4) is 0 Å². The lowest BCUT2D eigenvalue weighted by Crippen LogP contribution is -2.40. The van der Waals surface area contributed by atoms with E-state index in [0.29, 0.717) is 16.9 Å². The van der Waals surface area contributed by atoms with E-state index < -0.39 is 26.5 Å². The third kappa shape index (κ3) is 5.17. The first-order valence-corrected chi connectivity index (χ1v) is 12.2.